The number of amides is 3. The van der Waals surface area contributed by atoms with Crippen LogP contribution in [0, 0.1) is 11.3 Å². The number of benzene rings is 1. The van der Waals surface area contributed by atoms with Gasteiger partial charge in [-0.25, -0.2) is 0 Å². The SMILES string of the molecule is N#Cc1ccc(C(=O)N(CCCN2CCCC2=O)CCC(=O)N2CCNCC2)cc1. The molecule has 2 heterocycles. The van der Waals surface area contributed by atoms with E-state index >= 15 is 0 Å². The first-order chi connectivity index (χ1) is 14.6. The number of nitrogens with one attached hydrogen (secondary N) is 1. The molecule has 3 amide bonds. The maximum absolute atomic E-state index is 13.1. The quantitative estimate of drug-likeness (QED) is 0.684. The second-order valence-corrected chi connectivity index (χ2v) is 7.70. The molecule has 3 rings (SSSR count). The molecule has 0 saturated carbocycles. The summed E-state index contributed by atoms with van der Waals surface area (Å²) in [6.45, 7) is 5.21. The van der Waals surface area contributed by atoms with E-state index in [0.717, 1.165) is 26.1 Å². The molecular weight excluding hydrogens is 382 g/mol. The lowest BCUT2D eigenvalue weighted by Gasteiger charge is -2.29. The van der Waals surface area contributed by atoms with Crippen LogP contribution in [0.4, 0.5) is 0 Å². The summed E-state index contributed by atoms with van der Waals surface area (Å²) in [5.41, 5.74) is 1.00. The molecule has 2 fully saturated rings. The molecule has 0 atom stereocenters. The van der Waals surface area contributed by atoms with Crippen LogP contribution in [0.25, 0.3) is 0 Å². The highest BCUT2D eigenvalue weighted by Gasteiger charge is 2.23. The summed E-state index contributed by atoms with van der Waals surface area (Å²) < 4.78 is 0. The first kappa shape index (κ1) is 21.8. The minimum atomic E-state index is -0.152. The summed E-state index contributed by atoms with van der Waals surface area (Å²) in [6.07, 6.45) is 2.46. The fraction of sp³-hybridized carbons (Fsp3) is 0.545. The Kier molecular flexibility index (Phi) is 7.80. The fourth-order valence-electron chi connectivity index (χ4n) is 3.88. The number of hydrogen-bond donors (Lipinski definition) is 1. The summed E-state index contributed by atoms with van der Waals surface area (Å²) in [6, 6.07) is 8.60. The Bertz CT molecular complexity index is 796. The van der Waals surface area contributed by atoms with Gasteiger partial charge in [-0.15, -0.1) is 0 Å². The number of nitriles is 1. The number of piperazine rings is 1. The van der Waals surface area contributed by atoms with E-state index in [4.69, 9.17) is 5.26 Å². The molecule has 2 saturated heterocycles. The van der Waals surface area contributed by atoms with Crippen LogP contribution in [-0.4, -0.2) is 84.8 Å². The zero-order valence-corrected chi connectivity index (χ0v) is 17.3. The molecule has 1 aromatic carbocycles. The normalized spacial score (nSPS) is 16.4. The van der Waals surface area contributed by atoms with Crippen molar-refractivity contribution < 1.29 is 14.4 Å². The molecule has 0 radical (unpaired) electrons. The van der Waals surface area contributed by atoms with Crippen molar-refractivity contribution in [3.05, 3.63) is 35.4 Å². The second-order valence-electron chi connectivity index (χ2n) is 7.70. The van der Waals surface area contributed by atoms with Crippen molar-refractivity contribution in [1.29, 1.82) is 5.26 Å². The van der Waals surface area contributed by atoms with E-state index in [0.29, 0.717) is 56.7 Å². The smallest absolute Gasteiger partial charge is 0.253 e. The van der Waals surface area contributed by atoms with Gasteiger partial charge in [0.25, 0.3) is 5.91 Å². The average molecular weight is 412 g/mol. The first-order valence-corrected chi connectivity index (χ1v) is 10.6. The predicted molar refractivity (Wildman–Crippen MR) is 112 cm³/mol. The minimum Gasteiger partial charge on any atom is -0.343 e. The molecule has 1 aromatic rings. The number of likely N-dealkylation sites (tertiary alicyclic amines) is 1. The monoisotopic (exact) mass is 411 g/mol. The molecule has 8 heteroatoms. The van der Waals surface area contributed by atoms with Crippen molar-refractivity contribution >= 4 is 17.7 Å². The van der Waals surface area contributed by atoms with Crippen molar-refractivity contribution in [2.75, 3.05) is 52.4 Å². The summed E-state index contributed by atoms with van der Waals surface area (Å²) in [7, 11) is 0. The third-order valence-corrected chi connectivity index (χ3v) is 5.64. The largest absolute Gasteiger partial charge is 0.343 e. The van der Waals surface area contributed by atoms with E-state index < -0.39 is 0 Å². The Morgan fingerprint density at radius 1 is 1.10 bits per heavy atom. The van der Waals surface area contributed by atoms with E-state index in [1.54, 1.807) is 29.2 Å². The van der Waals surface area contributed by atoms with E-state index in [1.807, 2.05) is 9.80 Å². The zero-order valence-electron chi connectivity index (χ0n) is 17.3. The third kappa shape index (κ3) is 5.80. The van der Waals surface area contributed by atoms with Crippen molar-refractivity contribution in [2.24, 2.45) is 0 Å². The zero-order chi connectivity index (χ0) is 21.3. The van der Waals surface area contributed by atoms with Crippen LogP contribution in [-0.2, 0) is 9.59 Å². The Morgan fingerprint density at radius 3 is 2.47 bits per heavy atom. The predicted octanol–water partition coefficient (Wildman–Crippen LogP) is 0.835. The maximum Gasteiger partial charge on any atom is 0.253 e. The van der Waals surface area contributed by atoms with Crippen LogP contribution in [0.3, 0.4) is 0 Å². The molecule has 30 heavy (non-hydrogen) atoms. The Morgan fingerprint density at radius 2 is 1.83 bits per heavy atom. The summed E-state index contributed by atoms with van der Waals surface area (Å²) in [4.78, 5) is 42.8. The number of rotatable bonds is 8. The summed E-state index contributed by atoms with van der Waals surface area (Å²) >= 11 is 0. The highest BCUT2D eigenvalue weighted by molar-refractivity contribution is 5.94. The molecule has 1 N–H and O–H groups in total. The van der Waals surface area contributed by atoms with Gasteiger partial charge in [0.1, 0.15) is 0 Å². The second kappa shape index (κ2) is 10.7. The summed E-state index contributed by atoms with van der Waals surface area (Å²) in [5, 5.41) is 12.2. The molecular formula is C22H29N5O3. The molecule has 8 nitrogen and oxygen atoms in total. The van der Waals surface area contributed by atoms with Gasteiger partial charge in [-0.1, -0.05) is 0 Å². The van der Waals surface area contributed by atoms with Crippen LogP contribution in [0.2, 0.25) is 0 Å². The van der Waals surface area contributed by atoms with Gasteiger partial charge in [0.05, 0.1) is 11.6 Å². The Hall–Kier alpha value is -2.92. The van der Waals surface area contributed by atoms with Gasteiger partial charge in [-0.05, 0) is 37.1 Å². The lowest BCUT2D eigenvalue weighted by molar-refractivity contribution is -0.132. The van der Waals surface area contributed by atoms with Crippen molar-refractivity contribution in [1.82, 2.24) is 20.0 Å². The molecule has 160 valence electrons. The van der Waals surface area contributed by atoms with E-state index in [2.05, 4.69) is 11.4 Å². The third-order valence-electron chi connectivity index (χ3n) is 5.64. The topological polar surface area (TPSA) is 96.7 Å². The number of nitrogens with zero attached hydrogens (tertiary/aromatic N) is 4. The molecule has 2 aliphatic rings. The first-order valence-electron chi connectivity index (χ1n) is 10.6. The fourth-order valence-corrected chi connectivity index (χ4v) is 3.88. The van der Waals surface area contributed by atoms with Crippen LogP contribution in [0.15, 0.2) is 24.3 Å². The van der Waals surface area contributed by atoms with E-state index in [-0.39, 0.29) is 24.1 Å². The molecule has 0 unspecified atom stereocenters. The van der Waals surface area contributed by atoms with E-state index in [1.165, 1.54) is 0 Å². The summed E-state index contributed by atoms with van der Waals surface area (Å²) in [5.74, 6) is 0.0815. The molecule has 0 aromatic heterocycles. The van der Waals surface area contributed by atoms with Crippen molar-refractivity contribution in [2.45, 2.75) is 25.7 Å². The Balaban J connectivity index is 1.60. The minimum absolute atomic E-state index is 0.0591. The van der Waals surface area contributed by atoms with Crippen LogP contribution in [0.1, 0.15) is 41.6 Å². The van der Waals surface area contributed by atoms with Crippen molar-refractivity contribution in [3.63, 3.8) is 0 Å². The highest BCUT2D eigenvalue weighted by Crippen LogP contribution is 2.12. The average Bonchev–Trinajstić information content (AvgIpc) is 3.20. The number of carbonyl (C=O) groups excluding carboxylic acids is 3. The molecule has 0 bridgehead atoms. The van der Waals surface area contributed by atoms with Gasteiger partial charge < -0.3 is 20.0 Å². The van der Waals surface area contributed by atoms with Crippen LogP contribution >= 0.6 is 0 Å². The van der Waals surface area contributed by atoms with Crippen LogP contribution in [0.5, 0.6) is 0 Å². The van der Waals surface area contributed by atoms with Gasteiger partial charge in [-0.2, -0.15) is 5.26 Å². The Labute approximate surface area is 177 Å². The van der Waals surface area contributed by atoms with Crippen molar-refractivity contribution in [3.8, 4) is 6.07 Å². The van der Waals surface area contributed by atoms with Gasteiger partial charge in [0.15, 0.2) is 0 Å². The van der Waals surface area contributed by atoms with Gasteiger partial charge in [0, 0.05) is 70.8 Å². The molecule has 2 aliphatic heterocycles. The van der Waals surface area contributed by atoms with E-state index in [9.17, 15) is 14.4 Å². The van der Waals surface area contributed by atoms with Gasteiger partial charge >= 0.3 is 0 Å². The number of hydrogen-bond acceptors (Lipinski definition) is 5. The molecule has 0 spiro atoms. The lowest BCUT2D eigenvalue weighted by Crippen LogP contribution is -2.47. The highest BCUT2D eigenvalue weighted by atomic mass is 16.2. The van der Waals surface area contributed by atoms with Gasteiger partial charge in [-0.3, -0.25) is 14.4 Å². The lowest BCUT2D eigenvalue weighted by atomic mass is 10.1. The van der Waals surface area contributed by atoms with Crippen LogP contribution < -0.4 is 5.32 Å². The maximum atomic E-state index is 13.1. The standard InChI is InChI=1S/C22H29N5O3/c23-17-18-4-6-19(7-5-18)22(30)27(13-2-12-25-11-1-3-20(25)28)14-8-21(29)26-15-9-24-10-16-26/h4-7,24H,1-3,8-16H2. The van der Waals surface area contributed by atoms with Gasteiger partial charge in [0.2, 0.25) is 11.8 Å². The number of carbonyl (C=O) groups is 3. The molecule has 0 aliphatic carbocycles.